The van der Waals surface area contributed by atoms with Crippen LogP contribution in [0.3, 0.4) is 0 Å². The van der Waals surface area contributed by atoms with Crippen molar-refractivity contribution in [3.05, 3.63) is 29.8 Å². The molecule has 9 heteroatoms. The Balaban J connectivity index is 2.72. The minimum Gasteiger partial charge on any atom is -0.480 e. The highest BCUT2D eigenvalue weighted by Gasteiger charge is 2.15. The van der Waals surface area contributed by atoms with E-state index in [4.69, 9.17) is 10.2 Å². The number of rotatable bonds is 7. The van der Waals surface area contributed by atoms with Crippen LogP contribution in [0, 0.1) is 0 Å². The van der Waals surface area contributed by atoms with Gasteiger partial charge >= 0.3 is 5.97 Å². The summed E-state index contributed by atoms with van der Waals surface area (Å²) in [5.41, 5.74) is 0.449. The Bertz CT molecular complexity index is 581. The van der Waals surface area contributed by atoms with E-state index in [1.165, 1.54) is 24.3 Å². The zero-order valence-electron chi connectivity index (χ0n) is 10.4. The zero-order valence-corrected chi connectivity index (χ0v) is 11.2. The number of amides is 1. The molecule has 0 aliphatic carbocycles. The summed E-state index contributed by atoms with van der Waals surface area (Å²) in [6, 6.07) is 5.44. The Labute approximate surface area is 115 Å². The monoisotopic (exact) mass is 302 g/mol. The summed E-state index contributed by atoms with van der Waals surface area (Å²) in [5, 5.41) is 19.4. The first-order valence-electron chi connectivity index (χ1n) is 5.55. The first-order chi connectivity index (χ1) is 9.34. The number of carbonyl (C=O) groups excluding carboxylic acids is 1. The Hall–Kier alpha value is -2.13. The number of hydrogen-bond acceptors (Lipinski definition) is 5. The Kier molecular flexibility index (Phi) is 5.47. The van der Waals surface area contributed by atoms with Gasteiger partial charge in [-0.3, -0.25) is 14.3 Å². The minimum absolute atomic E-state index is 0.117. The lowest BCUT2D eigenvalue weighted by Crippen LogP contribution is -2.26. The third-order valence-corrected chi connectivity index (χ3v) is 3.30. The molecule has 8 nitrogen and oxygen atoms in total. The lowest BCUT2D eigenvalue weighted by molar-refractivity contribution is -0.134. The highest BCUT2D eigenvalue weighted by molar-refractivity contribution is 7.93. The zero-order chi connectivity index (χ0) is 15.2. The Morgan fingerprint density at radius 3 is 2.25 bits per heavy atom. The maximum Gasteiger partial charge on any atom is 0.320 e. The molecule has 1 rings (SSSR count). The largest absolute Gasteiger partial charge is 0.480 e. The van der Waals surface area contributed by atoms with Gasteiger partial charge in [0.1, 0.15) is 0 Å². The molecule has 0 aliphatic rings. The van der Waals surface area contributed by atoms with Crippen molar-refractivity contribution >= 4 is 27.6 Å². The average molecular weight is 302 g/mol. The number of nitrogens with one attached hydrogen (secondary N) is 2. The van der Waals surface area contributed by atoms with Gasteiger partial charge in [0.15, 0.2) is 5.75 Å². The molecule has 20 heavy (non-hydrogen) atoms. The van der Waals surface area contributed by atoms with Crippen LogP contribution >= 0.6 is 0 Å². The van der Waals surface area contributed by atoms with Gasteiger partial charge < -0.3 is 15.5 Å². The number of aliphatic carboxylic acids is 1. The van der Waals surface area contributed by atoms with Crippen LogP contribution in [0.1, 0.15) is 10.4 Å². The van der Waals surface area contributed by atoms with Crippen molar-refractivity contribution < 1.29 is 28.2 Å². The fraction of sp³-hybridized carbons (Fsp3) is 0.273. The van der Waals surface area contributed by atoms with E-state index in [-0.39, 0.29) is 18.8 Å². The standard InChI is InChI=1S/C11H14N2O6S/c14-6-5-12-11(17)8-1-3-9(4-2-8)13-20(18,19)7-10(15)16/h1-4,13-14H,5-7H2,(H,12,17)(H,15,16). The van der Waals surface area contributed by atoms with Crippen LogP contribution < -0.4 is 10.0 Å². The molecule has 0 saturated heterocycles. The highest BCUT2D eigenvalue weighted by Crippen LogP contribution is 2.11. The van der Waals surface area contributed by atoms with Gasteiger partial charge in [0.2, 0.25) is 10.0 Å². The molecule has 0 fully saturated rings. The van der Waals surface area contributed by atoms with Gasteiger partial charge in [-0.1, -0.05) is 0 Å². The van der Waals surface area contributed by atoms with Gasteiger partial charge in [-0.25, -0.2) is 8.42 Å². The quantitative estimate of drug-likeness (QED) is 0.523. The first kappa shape index (κ1) is 15.9. The van der Waals surface area contributed by atoms with Crippen molar-refractivity contribution in [1.29, 1.82) is 0 Å². The fourth-order valence-corrected chi connectivity index (χ4v) is 2.23. The van der Waals surface area contributed by atoms with E-state index in [1.54, 1.807) is 0 Å². The Morgan fingerprint density at radius 2 is 1.75 bits per heavy atom. The molecule has 1 aromatic rings. The summed E-state index contributed by atoms with van der Waals surface area (Å²) in [6.45, 7) is -0.0648. The number of carboxylic acids is 1. The molecule has 0 bridgehead atoms. The molecular formula is C11H14N2O6S. The van der Waals surface area contributed by atoms with Gasteiger partial charge in [0.25, 0.3) is 5.91 Å². The number of carboxylic acid groups (broad SMARTS) is 1. The summed E-state index contributed by atoms with van der Waals surface area (Å²) in [4.78, 5) is 21.9. The van der Waals surface area contributed by atoms with E-state index in [0.717, 1.165) is 0 Å². The van der Waals surface area contributed by atoms with Crippen LogP contribution in [0.4, 0.5) is 5.69 Å². The van der Waals surface area contributed by atoms with Gasteiger partial charge in [0, 0.05) is 17.8 Å². The van der Waals surface area contributed by atoms with Gasteiger partial charge in [-0.2, -0.15) is 0 Å². The van der Waals surface area contributed by atoms with E-state index in [1.807, 2.05) is 0 Å². The number of benzene rings is 1. The number of anilines is 1. The molecule has 0 aliphatic heterocycles. The smallest absolute Gasteiger partial charge is 0.320 e. The third kappa shape index (κ3) is 5.24. The van der Waals surface area contributed by atoms with Crippen LogP contribution in [0.15, 0.2) is 24.3 Å². The number of carbonyl (C=O) groups is 2. The summed E-state index contributed by atoms with van der Waals surface area (Å²) in [6.07, 6.45) is 0. The van der Waals surface area contributed by atoms with Crippen molar-refractivity contribution in [2.75, 3.05) is 23.6 Å². The lowest BCUT2D eigenvalue weighted by Gasteiger charge is -2.07. The van der Waals surface area contributed by atoms with Crippen LogP contribution in [0.2, 0.25) is 0 Å². The first-order valence-corrected chi connectivity index (χ1v) is 7.20. The predicted molar refractivity (Wildman–Crippen MR) is 70.9 cm³/mol. The second-order valence-corrected chi connectivity index (χ2v) is 5.53. The lowest BCUT2D eigenvalue weighted by atomic mass is 10.2. The molecule has 0 aromatic heterocycles. The maximum atomic E-state index is 11.5. The highest BCUT2D eigenvalue weighted by atomic mass is 32.2. The van der Waals surface area contributed by atoms with Crippen LogP contribution in [-0.2, 0) is 14.8 Å². The van der Waals surface area contributed by atoms with E-state index >= 15 is 0 Å². The molecule has 1 aromatic carbocycles. The summed E-state index contributed by atoms with van der Waals surface area (Å²) >= 11 is 0. The minimum atomic E-state index is -3.96. The summed E-state index contributed by atoms with van der Waals surface area (Å²) < 4.78 is 24.8. The molecule has 0 spiro atoms. The Morgan fingerprint density at radius 1 is 1.15 bits per heavy atom. The SMILES string of the molecule is O=C(O)CS(=O)(=O)Nc1ccc(C(=O)NCCO)cc1. The molecule has 1 amide bonds. The molecule has 0 saturated carbocycles. The van der Waals surface area contributed by atoms with Crippen molar-refractivity contribution in [3.63, 3.8) is 0 Å². The number of sulfonamides is 1. The van der Waals surface area contributed by atoms with Crippen molar-refractivity contribution in [1.82, 2.24) is 5.32 Å². The van der Waals surface area contributed by atoms with Crippen molar-refractivity contribution in [2.24, 2.45) is 0 Å². The second-order valence-electron chi connectivity index (χ2n) is 3.81. The van der Waals surface area contributed by atoms with Crippen LogP contribution in [-0.4, -0.2) is 49.4 Å². The third-order valence-electron chi connectivity index (χ3n) is 2.13. The van der Waals surface area contributed by atoms with E-state index in [2.05, 4.69) is 10.0 Å². The van der Waals surface area contributed by atoms with E-state index in [0.29, 0.717) is 5.56 Å². The molecule has 0 radical (unpaired) electrons. The van der Waals surface area contributed by atoms with Crippen LogP contribution in [0.5, 0.6) is 0 Å². The average Bonchev–Trinajstić information content (AvgIpc) is 2.34. The topological polar surface area (TPSA) is 133 Å². The van der Waals surface area contributed by atoms with Crippen LogP contribution in [0.25, 0.3) is 0 Å². The molecule has 0 heterocycles. The van der Waals surface area contributed by atoms with Crippen molar-refractivity contribution in [3.8, 4) is 0 Å². The molecule has 0 unspecified atom stereocenters. The van der Waals surface area contributed by atoms with Gasteiger partial charge in [-0.05, 0) is 24.3 Å². The normalized spacial score (nSPS) is 10.8. The molecule has 110 valence electrons. The van der Waals surface area contributed by atoms with E-state index < -0.39 is 27.7 Å². The van der Waals surface area contributed by atoms with Gasteiger partial charge in [0.05, 0.1) is 6.61 Å². The molecule has 4 N–H and O–H groups in total. The summed E-state index contributed by atoms with van der Waals surface area (Å²) in [5.74, 6) is -2.90. The molecular weight excluding hydrogens is 288 g/mol. The summed E-state index contributed by atoms with van der Waals surface area (Å²) in [7, 11) is -3.96. The maximum absolute atomic E-state index is 11.5. The van der Waals surface area contributed by atoms with E-state index in [9.17, 15) is 18.0 Å². The molecule has 0 atom stereocenters. The van der Waals surface area contributed by atoms with Crippen molar-refractivity contribution in [2.45, 2.75) is 0 Å². The van der Waals surface area contributed by atoms with Gasteiger partial charge in [-0.15, -0.1) is 0 Å². The number of hydrogen-bond donors (Lipinski definition) is 4. The predicted octanol–water partition coefficient (Wildman–Crippen LogP) is -0.765. The second kappa shape index (κ2) is 6.87. The number of aliphatic hydroxyl groups is 1. The fourth-order valence-electron chi connectivity index (χ4n) is 1.34. The number of aliphatic hydroxyl groups excluding tert-OH is 1.